The Labute approximate surface area is 109 Å². The van der Waals surface area contributed by atoms with Crippen molar-refractivity contribution in [3.8, 4) is 0 Å². The number of morpholine rings is 1. The van der Waals surface area contributed by atoms with Crippen LogP contribution in [0.5, 0.6) is 0 Å². The summed E-state index contributed by atoms with van der Waals surface area (Å²) < 4.78 is 10.9. The van der Waals surface area contributed by atoms with E-state index in [2.05, 4.69) is 0 Å². The van der Waals surface area contributed by atoms with Crippen molar-refractivity contribution in [2.45, 2.75) is 52.4 Å². The molecule has 1 aliphatic rings. The van der Waals surface area contributed by atoms with Crippen LogP contribution in [-0.2, 0) is 9.47 Å². The first-order valence-corrected chi connectivity index (χ1v) is 6.46. The van der Waals surface area contributed by atoms with E-state index < -0.39 is 5.60 Å². The fraction of sp³-hybridized carbons (Fsp3) is 0.923. The maximum absolute atomic E-state index is 12.2. The lowest BCUT2D eigenvalue weighted by Gasteiger charge is -2.41. The number of rotatable bonds is 2. The van der Waals surface area contributed by atoms with Gasteiger partial charge in [0.2, 0.25) is 0 Å². The molecule has 1 saturated heterocycles. The summed E-state index contributed by atoms with van der Waals surface area (Å²) in [7, 11) is 0. The van der Waals surface area contributed by atoms with Gasteiger partial charge in [-0.3, -0.25) is 4.90 Å². The molecule has 0 aromatic heterocycles. The number of hydrogen-bond acceptors (Lipinski definition) is 4. The highest BCUT2D eigenvalue weighted by atomic mass is 16.6. The summed E-state index contributed by atoms with van der Waals surface area (Å²) in [6.45, 7) is 10.4. The zero-order valence-corrected chi connectivity index (χ0v) is 12.0. The van der Waals surface area contributed by atoms with E-state index in [1.807, 2.05) is 34.6 Å². The largest absolute Gasteiger partial charge is 0.444 e. The highest BCUT2D eigenvalue weighted by Gasteiger charge is 2.36. The van der Waals surface area contributed by atoms with Crippen LogP contribution in [0.4, 0.5) is 4.79 Å². The molecule has 1 heterocycles. The van der Waals surface area contributed by atoms with Gasteiger partial charge in [-0.25, -0.2) is 4.79 Å². The molecule has 0 bridgehead atoms. The van der Waals surface area contributed by atoms with Crippen LogP contribution in [-0.4, -0.2) is 53.6 Å². The van der Waals surface area contributed by atoms with Crippen LogP contribution in [0.1, 0.15) is 34.6 Å². The molecule has 1 rings (SSSR count). The van der Waals surface area contributed by atoms with Gasteiger partial charge in [0.1, 0.15) is 5.60 Å². The summed E-state index contributed by atoms with van der Waals surface area (Å²) in [5, 5.41) is 9.14. The highest BCUT2D eigenvalue weighted by Crippen LogP contribution is 2.21. The minimum atomic E-state index is -0.508. The minimum Gasteiger partial charge on any atom is -0.444 e. The van der Waals surface area contributed by atoms with Crippen LogP contribution in [0.25, 0.3) is 0 Å². The first-order valence-electron chi connectivity index (χ1n) is 6.46. The number of carbonyl (C=O) groups excluding carboxylic acids is 1. The third kappa shape index (κ3) is 4.14. The molecule has 0 radical (unpaired) electrons. The molecular formula is C13H25NO4. The number of amides is 1. The number of nitrogens with zero attached hydrogens (tertiary/aromatic N) is 1. The Morgan fingerprint density at radius 3 is 2.56 bits per heavy atom. The van der Waals surface area contributed by atoms with Gasteiger partial charge in [-0.05, 0) is 26.7 Å². The quantitative estimate of drug-likeness (QED) is 0.819. The first kappa shape index (κ1) is 15.2. The number of hydrogen-bond donors (Lipinski definition) is 1. The maximum Gasteiger partial charge on any atom is 0.410 e. The lowest BCUT2D eigenvalue weighted by atomic mass is 10.0. The number of aliphatic hydroxyl groups excluding tert-OH is 1. The van der Waals surface area contributed by atoms with E-state index in [0.717, 1.165) is 0 Å². The van der Waals surface area contributed by atoms with Crippen molar-refractivity contribution < 1.29 is 19.4 Å². The van der Waals surface area contributed by atoms with Crippen molar-refractivity contribution in [1.82, 2.24) is 4.90 Å². The Balaban J connectivity index is 2.74. The first-order chi connectivity index (χ1) is 8.24. The van der Waals surface area contributed by atoms with Gasteiger partial charge >= 0.3 is 6.09 Å². The SMILES string of the molecule is CC(C)[C@H]1CO[C@@H](CO)CN1C(=O)OC(C)(C)C. The van der Waals surface area contributed by atoms with Crippen LogP contribution in [0.15, 0.2) is 0 Å². The lowest BCUT2D eigenvalue weighted by Crippen LogP contribution is -2.56. The number of carbonyl (C=O) groups is 1. The molecule has 1 aliphatic heterocycles. The fourth-order valence-corrected chi connectivity index (χ4v) is 1.93. The van der Waals surface area contributed by atoms with Gasteiger partial charge in [-0.15, -0.1) is 0 Å². The van der Waals surface area contributed by atoms with Gasteiger partial charge in [0.15, 0.2) is 0 Å². The van der Waals surface area contributed by atoms with E-state index in [1.54, 1.807) is 4.90 Å². The molecule has 1 amide bonds. The standard InChI is InChI=1S/C13H25NO4/c1-9(2)11-8-17-10(7-15)6-14(11)12(16)18-13(3,4)5/h9-11,15H,6-8H2,1-5H3/t10-,11-/m1/s1. The maximum atomic E-state index is 12.2. The summed E-state index contributed by atoms with van der Waals surface area (Å²) in [5.74, 6) is 0.289. The van der Waals surface area contributed by atoms with E-state index in [9.17, 15) is 4.79 Å². The second-order valence-electron chi connectivity index (χ2n) is 6.08. The molecule has 0 aromatic rings. The average molecular weight is 259 g/mol. The predicted octanol–water partition coefficient (Wildman–Crippen LogP) is 1.64. The van der Waals surface area contributed by atoms with Crippen molar-refractivity contribution in [1.29, 1.82) is 0 Å². The monoisotopic (exact) mass is 259 g/mol. The lowest BCUT2D eigenvalue weighted by molar-refractivity contribution is -0.0937. The summed E-state index contributed by atoms with van der Waals surface area (Å²) >= 11 is 0. The molecule has 0 saturated carbocycles. The number of ether oxygens (including phenoxy) is 2. The highest BCUT2D eigenvalue weighted by molar-refractivity contribution is 5.68. The molecule has 0 unspecified atom stereocenters. The van der Waals surface area contributed by atoms with Crippen molar-refractivity contribution in [2.75, 3.05) is 19.8 Å². The molecular weight excluding hydrogens is 234 g/mol. The van der Waals surface area contributed by atoms with Crippen molar-refractivity contribution in [3.63, 3.8) is 0 Å². The van der Waals surface area contributed by atoms with Gasteiger partial charge in [0.25, 0.3) is 0 Å². The molecule has 0 aliphatic carbocycles. The van der Waals surface area contributed by atoms with Crippen molar-refractivity contribution >= 4 is 6.09 Å². The Morgan fingerprint density at radius 1 is 1.50 bits per heavy atom. The summed E-state index contributed by atoms with van der Waals surface area (Å²) in [5.41, 5.74) is -0.508. The van der Waals surface area contributed by atoms with Gasteiger partial charge in [0.05, 0.1) is 31.9 Å². The molecule has 0 aromatic carbocycles. The van der Waals surface area contributed by atoms with Crippen molar-refractivity contribution in [3.05, 3.63) is 0 Å². The van der Waals surface area contributed by atoms with E-state index in [0.29, 0.717) is 13.2 Å². The zero-order chi connectivity index (χ0) is 13.9. The van der Waals surface area contributed by atoms with E-state index in [1.165, 1.54) is 0 Å². The summed E-state index contributed by atoms with van der Waals surface area (Å²) in [4.78, 5) is 13.8. The summed E-state index contributed by atoms with van der Waals surface area (Å²) in [6.07, 6.45) is -0.643. The van der Waals surface area contributed by atoms with Crippen LogP contribution in [0.3, 0.4) is 0 Å². The Hall–Kier alpha value is -0.810. The molecule has 106 valence electrons. The molecule has 1 fully saturated rings. The number of aliphatic hydroxyl groups is 1. The summed E-state index contributed by atoms with van der Waals surface area (Å²) in [6, 6.07) is 0.00245. The zero-order valence-electron chi connectivity index (χ0n) is 12.0. The van der Waals surface area contributed by atoms with Gasteiger partial charge in [-0.1, -0.05) is 13.8 Å². The van der Waals surface area contributed by atoms with Gasteiger partial charge in [-0.2, -0.15) is 0 Å². The third-order valence-electron chi connectivity index (χ3n) is 2.90. The minimum absolute atomic E-state index is 0.00245. The van der Waals surface area contributed by atoms with E-state index >= 15 is 0 Å². The Kier molecular flexibility index (Phi) is 4.99. The van der Waals surface area contributed by atoms with Crippen LogP contribution in [0.2, 0.25) is 0 Å². The van der Waals surface area contributed by atoms with Crippen LogP contribution < -0.4 is 0 Å². The van der Waals surface area contributed by atoms with E-state index in [4.69, 9.17) is 14.6 Å². The second-order valence-corrected chi connectivity index (χ2v) is 6.08. The predicted molar refractivity (Wildman–Crippen MR) is 68.4 cm³/mol. The molecule has 0 spiro atoms. The molecule has 2 atom stereocenters. The van der Waals surface area contributed by atoms with E-state index in [-0.39, 0.29) is 30.8 Å². The third-order valence-corrected chi connectivity index (χ3v) is 2.90. The average Bonchev–Trinajstić information content (AvgIpc) is 2.25. The van der Waals surface area contributed by atoms with Crippen LogP contribution in [0, 0.1) is 5.92 Å². The Bertz CT molecular complexity index is 285. The van der Waals surface area contributed by atoms with Gasteiger partial charge < -0.3 is 14.6 Å². The normalized spacial score (nSPS) is 25.4. The smallest absolute Gasteiger partial charge is 0.410 e. The van der Waals surface area contributed by atoms with Crippen molar-refractivity contribution in [2.24, 2.45) is 5.92 Å². The molecule has 5 nitrogen and oxygen atoms in total. The Morgan fingerprint density at radius 2 is 2.11 bits per heavy atom. The molecule has 1 N–H and O–H groups in total. The second kappa shape index (κ2) is 5.89. The molecule has 5 heteroatoms. The topological polar surface area (TPSA) is 59.0 Å². The van der Waals surface area contributed by atoms with Crippen LogP contribution >= 0.6 is 0 Å². The molecule has 18 heavy (non-hydrogen) atoms. The fourth-order valence-electron chi connectivity index (χ4n) is 1.93. The van der Waals surface area contributed by atoms with Gasteiger partial charge in [0, 0.05) is 0 Å².